The molecule has 0 saturated carbocycles. The van der Waals surface area contributed by atoms with Crippen molar-refractivity contribution in [2.75, 3.05) is 26.2 Å². The van der Waals surface area contributed by atoms with E-state index in [4.69, 9.17) is 17.0 Å². The van der Waals surface area contributed by atoms with E-state index in [0.29, 0.717) is 11.7 Å². The van der Waals surface area contributed by atoms with E-state index in [1.54, 1.807) is 0 Å². The zero-order valence-corrected chi connectivity index (χ0v) is 10.8. The van der Waals surface area contributed by atoms with Gasteiger partial charge >= 0.3 is 0 Å². The smallest absolute Gasteiger partial charge is 0.191 e. The zero-order chi connectivity index (χ0) is 11.8. The van der Waals surface area contributed by atoms with E-state index in [1.165, 1.54) is 0 Å². The van der Waals surface area contributed by atoms with Gasteiger partial charge in [0.25, 0.3) is 0 Å². The Hall–Kier alpha value is -0.930. The lowest BCUT2D eigenvalue weighted by Gasteiger charge is -2.18. The van der Waals surface area contributed by atoms with Gasteiger partial charge in [0.2, 0.25) is 0 Å². The van der Waals surface area contributed by atoms with Crippen LogP contribution in [0.4, 0.5) is 0 Å². The summed E-state index contributed by atoms with van der Waals surface area (Å²) in [5, 5.41) is 0.591. The topological polar surface area (TPSA) is 12.5 Å². The first kappa shape index (κ1) is 13.1. The molecule has 0 amide bonds. The number of rotatable bonds is 6. The van der Waals surface area contributed by atoms with Crippen LogP contribution in [0, 0.1) is 0 Å². The minimum absolute atomic E-state index is 0.591. The van der Waals surface area contributed by atoms with Crippen LogP contribution in [-0.2, 0) is 4.74 Å². The summed E-state index contributed by atoms with van der Waals surface area (Å²) < 4.78 is 5.55. The lowest BCUT2D eigenvalue weighted by atomic mass is 10.2. The van der Waals surface area contributed by atoms with Crippen molar-refractivity contribution in [3.8, 4) is 0 Å². The predicted molar refractivity (Wildman–Crippen MR) is 71.9 cm³/mol. The van der Waals surface area contributed by atoms with Gasteiger partial charge in [-0.2, -0.15) is 0 Å². The summed E-state index contributed by atoms with van der Waals surface area (Å²) in [6.07, 6.45) is 0. The Balaban J connectivity index is 2.31. The molecule has 0 aliphatic carbocycles. The molecule has 0 spiro atoms. The minimum Gasteiger partial charge on any atom is -0.482 e. The van der Waals surface area contributed by atoms with Crippen molar-refractivity contribution < 1.29 is 4.74 Å². The molecule has 0 fully saturated rings. The Morgan fingerprint density at radius 2 is 1.81 bits per heavy atom. The fourth-order valence-corrected chi connectivity index (χ4v) is 1.68. The van der Waals surface area contributed by atoms with Crippen LogP contribution in [0.15, 0.2) is 30.3 Å². The van der Waals surface area contributed by atoms with Gasteiger partial charge in [-0.15, -0.1) is 0 Å². The van der Waals surface area contributed by atoms with Gasteiger partial charge in [0.1, 0.15) is 6.61 Å². The first-order valence-electron chi connectivity index (χ1n) is 5.72. The Morgan fingerprint density at radius 3 is 2.38 bits per heavy atom. The highest BCUT2D eigenvalue weighted by Gasteiger charge is 2.03. The van der Waals surface area contributed by atoms with Gasteiger partial charge in [0.15, 0.2) is 5.05 Å². The van der Waals surface area contributed by atoms with Crippen LogP contribution in [0.25, 0.3) is 0 Å². The van der Waals surface area contributed by atoms with Crippen molar-refractivity contribution in [2.24, 2.45) is 0 Å². The normalized spacial score (nSPS) is 10.4. The Bertz CT molecular complexity index is 309. The summed E-state index contributed by atoms with van der Waals surface area (Å²) in [5.41, 5.74) is 0.983. The van der Waals surface area contributed by atoms with Crippen molar-refractivity contribution in [3.63, 3.8) is 0 Å². The first-order chi connectivity index (χ1) is 7.77. The number of thiocarbonyl (C=S) groups is 1. The maximum Gasteiger partial charge on any atom is 0.191 e. The average Bonchev–Trinajstić information content (AvgIpc) is 2.35. The molecule has 0 aliphatic rings. The highest BCUT2D eigenvalue weighted by atomic mass is 32.1. The molecule has 0 atom stereocenters. The van der Waals surface area contributed by atoms with Crippen LogP contribution in [0.3, 0.4) is 0 Å². The summed E-state index contributed by atoms with van der Waals surface area (Å²) in [5.74, 6) is 0. The SMILES string of the molecule is CCN(CC)CCOC(=S)c1ccccc1. The molecule has 0 radical (unpaired) electrons. The van der Waals surface area contributed by atoms with Gasteiger partial charge in [-0.25, -0.2) is 0 Å². The summed E-state index contributed by atoms with van der Waals surface area (Å²) >= 11 is 5.20. The molecule has 1 aromatic carbocycles. The van der Waals surface area contributed by atoms with Gasteiger partial charge in [-0.1, -0.05) is 44.2 Å². The van der Waals surface area contributed by atoms with E-state index in [1.807, 2.05) is 30.3 Å². The third-order valence-corrected chi connectivity index (χ3v) is 2.90. The molecule has 2 nitrogen and oxygen atoms in total. The fourth-order valence-electron chi connectivity index (χ4n) is 1.46. The second kappa shape index (κ2) is 7.36. The van der Waals surface area contributed by atoms with E-state index in [-0.39, 0.29) is 0 Å². The molecule has 3 heteroatoms. The van der Waals surface area contributed by atoms with Crippen LogP contribution in [0.1, 0.15) is 19.4 Å². The molecule has 88 valence electrons. The average molecular weight is 237 g/mol. The van der Waals surface area contributed by atoms with Crippen LogP contribution >= 0.6 is 12.2 Å². The monoisotopic (exact) mass is 237 g/mol. The predicted octanol–water partition coefficient (Wildman–Crippen LogP) is 2.72. The number of ether oxygens (including phenoxy) is 1. The molecule has 0 N–H and O–H groups in total. The molecule has 0 aliphatic heterocycles. The quantitative estimate of drug-likeness (QED) is 0.706. The molecular weight excluding hydrogens is 218 g/mol. The lowest BCUT2D eigenvalue weighted by Crippen LogP contribution is -2.27. The third-order valence-electron chi connectivity index (χ3n) is 2.54. The van der Waals surface area contributed by atoms with Crippen molar-refractivity contribution in [1.82, 2.24) is 4.90 Å². The highest BCUT2D eigenvalue weighted by Crippen LogP contribution is 2.02. The second-order valence-electron chi connectivity index (χ2n) is 3.53. The number of nitrogens with zero attached hydrogens (tertiary/aromatic N) is 1. The summed E-state index contributed by atoms with van der Waals surface area (Å²) in [6, 6.07) is 9.85. The van der Waals surface area contributed by atoms with Crippen LogP contribution < -0.4 is 0 Å². The van der Waals surface area contributed by atoms with E-state index >= 15 is 0 Å². The standard InChI is InChI=1S/C13H19NOS/c1-3-14(4-2)10-11-15-13(16)12-8-6-5-7-9-12/h5-9H,3-4,10-11H2,1-2H3. The van der Waals surface area contributed by atoms with Crippen LogP contribution in [0.5, 0.6) is 0 Å². The van der Waals surface area contributed by atoms with E-state index in [0.717, 1.165) is 25.2 Å². The summed E-state index contributed by atoms with van der Waals surface area (Å²) in [6.45, 7) is 8.00. The van der Waals surface area contributed by atoms with Crippen LogP contribution in [0.2, 0.25) is 0 Å². The third kappa shape index (κ3) is 4.29. The van der Waals surface area contributed by atoms with Gasteiger partial charge in [-0.3, -0.25) is 0 Å². The molecule has 16 heavy (non-hydrogen) atoms. The first-order valence-corrected chi connectivity index (χ1v) is 6.13. The van der Waals surface area contributed by atoms with E-state index < -0.39 is 0 Å². The largest absolute Gasteiger partial charge is 0.482 e. The van der Waals surface area contributed by atoms with Gasteiger partial charge in [0, 0.05) is 12.1 Å². The maximum atomic E-state index is 5.55. The van der Waals surface area contributed by atoms with Gasteiger partial charge in [-0.05, 0) is 25.3 Å². The maximum absolute atomic E-state index is 5.55. The molecule has 0 aromatic heterocycles. The second-order valence-corrected chi connectivity index (χ2v) is 3.90. The number of likely N-dealkylation sites (N-methyl/N-ethyl adjacent to an activating group) is 1. The van der Waals surface area contributed by atoms with Crippen LogP contribution in [-0.4, -0.2) is 36.2 Å². The van der Waals surface area contributed by atoms with Crippen molar-refractivity contribution in [3.05, 3.63) is 35.9 Å². The molecule has 0 saturated heterocycles. The molecule has 0 heterocycles. The van der Waals surface area contributed by atoms with Crippen molar-refractivity contribution in [2.45, 2.75) is 13.8 Å². The highest BCUT2D eigenvalue weighted by molar-refractivity contribution is 7.80. The van der Waals surface area contributed by atoms with Gasteiger partial charge < -0.3 is 9.64 Å². The molecule has 0 bridgehead atoms. The van der Waals surface area contributed by atoms with Crippen molar-refractivity contribution >= 4 is 17.3 Å². The van der Waals surface area contributed by atoms with Crippen molar-refractivity contribution in [1.29, 1.82) is 0 Å². The van der Waals surface area contributed by atoms with E-state index in [9.17, 15) is 0 Å². The zero-order valence-electron chi connectivity index (χ0n) is 9.98. The lowest BCUT2D eigenvalue weighted by molar-refractivity contribution is 0.219. The molecule has 1 aromatic rings. The fraction of sp³-hybridized carbons (Fsp3) is 0.462. The number of benzene rings is 1. The minimum atomic E-state index is 0.591. The summed E-state index contributed by atoms with van der Waals surface area (Å²) in [4.78, 5) is 2.31. The summed E-state index contributed by atoms with van der Waals surface area (Å²) in [7, 11) is 0. The van der Waals surface area contributed by atoms with Gasteiger partial charge in [0.05, 0.1) is 0 Å². The Labute approximate surface area is 103 Å². The molecule has 1 rings (SSSR count). The van der Waals surface area contributed by atoms with E-state index in [2.05, 4.69) is 18.7 Å². The Morgan fingerprint density at radius 1 is 1.19 bits per heavy atom. The number of hydrogen-bond donors (Lipinski definition) is 0. The Kier molecular flexibility index (Phi) is 6.04. The molecular formula is C13H19NOS. The molecule has 0 unspecified atom stereocenters. The number of hydrogen-bond acceptors (Lipinski definition) is 3.